The van der Waals surface area contributed by atoms with Crippen molar-refractivity contribution in [1.82, 2.24) is 4.90 Å². The van der Waals surface area contributed by atoms with E-state index in [1.54, 1.807) is 0 Å². The second kappa shape index (κ2) is 5.99. The smallest absolute Gasteiger partial charge is 0.381 e. The molecule has 2 aliphatic rings. The third-order valence-electron chi connectivity index (χ3n) is 4.71. The zero-order valence-corrected chi connectivity index (χ0v) is 12.5. The first-order chi connectivity index (χ1) is 10.9. The molecule has 1 N–H and O–H groups in total. The normalized spacial score (nSPS) is 25.2. The minimum absolute atomic E-state index is 0.0952. The predicted molar refractivity (Wildman–Crippen MR) is 79.3 cm³/mol. The Labute approximate surface area is 131 Å². The Morgan fingerprint density at radius 2 is 2.00 bits per heavy atom. The number of nitro groups is 1. The molecule has 8 heteroatoms. The molecule has 2 saturated heterocycles. The van der Waals surface area contributed by atoms with Gasteiger partial charge in [0.15, 0.2) is 0 Å². The van der Waals surface area contributed by atoms with E-state index in [2.05, 4.69) is 10.2 Å². The maximum atomic E-state index is 13.0. The zero-order chi connectivity index (χ0) is 16.6. The van der Waals surface area contributed by atoms with E-state index in [1.165, 1.54) is 12.5 Å². The van der Waals surface area contributed by atoms with Crippen molar-refractivity contribution >= 4 is 11.4 Å². The highest BCUT2D eigenvalue weighted by molar-refractivity contribution is 5.55. The third kappa shape index (κ3) is 3.26. The molecule has 1 aromatic carbocycles. The number of piperidine rings is 1. The van der Waals surface area contributed by atoms with Gasteiger partial charge in [-0.2, -0.15) is 13.2 Å². The number of nitrogens with zero attached hydrogens (tertiary/aromatic N) is 2. The van der Waals surface area contributed by atoms with Crippen LogP contribution in [0.5, 0.6) is 0 Å². The number of halogens is 3. The molecule has 23 heavy (non-hydrogen) atoms. The van der Waals surface area contributed by atoms with Gasteiger partial charge in [-0.15, -0.1) is 0 Å². The van der Waals surface area contributed by atoms with Crippen LogP contribution in [0.15, 0.2) is 18.2 Å². The van der Waals surface area contributed by atoms with Crippen LogP contribution < -0.4 is 5.32 Å². The molecule has 0 aliphatic carbocycles. The van der Waals surface area contributed by atoms with Crippen LogP contribution >= 0.6 is 0 Å². The lowest BCUT2D eigenvalue weighted by molar-refractivity contribution is -0.388. The van der Waals surface area contributed by atoms with Crippen LogP contribution in [-0.4, -0.2) is 35.0 Å². The van der Waals surface area contributed by atoms with Gasteiger partial charge >= 0.3 is 6.18 Å². The van der Waals surface area contributed by atoms with Crippen molar-refractivity contribution in [3.63, 3.8) is 0 Å². The van der Waals surface area contributed by atoms with Crippen molar-refractivity contribution in [2.45, 2.75) is 43.9 Å². The van der Waals surface area contributed by atoms with Gasteiger partial charge in [-0.25, -0.2) is 0 Å². The van der Waals surface area contributed by atoms with Gasteiger partial charge in [0.1, 0.15) is 5.56 Å². The number of anilines is 1. The summed E-state index contributed by atoms with van der Waals surface area (Å²) in [6.45, 7) is 1.98. The largest absolute Gasteiger partial charge is 0.423 e. The van der Waals surface area contributed by atoms with Crippen molar-refractivity contribution in [2.24, 2.45) is 0 Å². The van der Waals surface area contributed by atoms with Crippen molar-refractivity contribution in [3.8, 4) is 0 Å². The molecule has 2 fully saturated rings. The molecule has 3 rings (SSSR count). The third-order valence-corrected chi connectivity index (χ3v) is 4.71. The number of alkyl halides is 3. The Balaban J connectivity index is 1.82. The average Bonchev–Trinajstić information content (AvgIpc) is 2.89. The van der Waals surface area contributed by atoms with Gasteiger partial charge in [0.25, 0.3) is 5.69 Å². The lowest BCUT2D eigenvalue weighted by atomic mass is 9.98. The second-order valence-electron chi connectivity index (χ2n) is 6.13. The summed E-state index contributed by atoms with van der Waals surface area (Å²) in [7, 11) is 0. The summed E-state index contributed by atoms with van der Waals surface area (Å²) in [6.07, 6.45) is -0.529. The van der Waals surface area contributed by atoms with Crippen LogP contribution in [0, 0.1) is 10.1 Å². The molecular weight excluding hydrogens is 311 g/mol. The summed E-state index contributed by atoms with van der Waals surface area (Å²) in [4.78, 5) is 12.2. The van der Waals surface area contributed by atoms with Crippen molar-refractivity contribution in [3.05, 3.63) is 33.9 Å². The molecule has 0 bridgehead atoms. The fraction of sp³-hybridized carbons (Fsp3) is 0.600. The number of nitro benzene ring substituents is 1. The number of hydrogen-bond acceptors (Lipinski definition) is 4. The molecule has 0 aromatic heterocycles. The molecule has 126 valence electrons. The van der Waals surface area contributed by atoms with Crippen LogP contribution in [0.1, 0.15) is 31.2 Å². The minimum atomic E-state index is -4.74. The first kappa shape index (κ1) is 16.0. The summed E-state index contributed by atoms with van der Waals surface area (Å²) in [5.74, 6) is 0. The minimum Gasteiger partial charge on any atom is -0.381 e. The van der Waals surface area contributed by atoms with Gasteiger partial charge in [0, 0.05) is 30.4 Å². The summed E-state index contributed by atoms with van der Waals surface area (Å²) in [5, 5.41) is 13.9. The second-order valence-corrected chi connectivity index (χ2v) is 6.13. The molecule has 0 spiro atoms. The van der Waals surface area contributed by atoms with Gasteiger partial charge < -0.3 is 5.32 Å². The van der Waals surface area contributed by atoms with E-state index >= 15 is 0 Å². The lowest BCUT2D eigenvalue weighted by Gasteiger charge is -2.33. The van der Waals surface area contributed by atoms with E-state index in [4.69, 9.17) is 0 Å². The van der Waals surface area contributed by atoms with E-state index in [9.17, 15) is 23.3 Å². The van der Waals surface area contributed by atoms with Crippen molar-refractivity contribution < 1.29 is 18.1 Å². The SMILES string of the molecule is O=[N+]([O-])c1ccc(NC2CCN3CCCCC23)cc1C(F)(F)F. The highest BCUT2D eigenvalue weighted by atomic mass is 19.4. The van der Waals surface area contributed by atoms with Crippen molar-refractivity contribution in [1.29, 1.82) is 0 Å². The summed E-state index contributed by atoms with van der Waals surface area (Å²) in [5.41, 5.74) is -1.82. The average molecular weight is 329 g/mol. The molecule has 0 amide bonds. The maximum Gasteiger partial charge on any atom is 0.423 e. The van der Waals surface area contributed by atoms with Gasteiger partial charge in [0.2, 0.25) is 0 Å². The number of benzene rings is 1. The fourth-order valence-electron chi connectivity index (χ4n) is 3.64. The Kier molecular flexibility index (Phi) is 4.18. The first-order valence-electron chi connectivity index (χ1n) is 7.72. The Morgan fingerprint density at radius 3 is 2.70 bits per heavy atom. The number of fused-ring (bicyclic) bond motifs is 1. The molecule has 1 aromatic rings. The predicted octanol–water partition coefficient (Wildman–Crippen LogP) is 3.65. The van der Waals surface area contributed by atoms with E-state index in [0.717, 1.165) is 44.5 Å². The van der Waals surface area contributed by atoms with E-state index in [0.29, 0.717) is 11.7 Å². The highest BCUT2D eigenvalue weighted by Crippen LogP contribution is 2.38. The summed E-state index contributed by atoms with van der Waals surface area (Å²) >= 11 is 0. The molecule has 2 atom stereocenters. The summed E-state index contributed by atoms with van der Waals surface area (Å²) in [6, 6.07) is 3.58. The molecule has 2 heterocycles. The number of rotatable bonds is 3. The molecule has 0 radical (unpaired) electrons. The van der Waals surface area contributed by atoms with Gasteiger partial charge in [-0.1, -0.05) is 6.42 Å². The zero-order valence-electron chi connectivity index (χ0n) is 12.5. The summed E-state index contributed by atoms with van der Waals surface area (Å²) < 4.78 is 39.1. The van der Waals surface area contributed by atoms with Crippen LogP contribution in [0.3, 0.4) is 0 Å². The lowest BCUT2D eigenvalue weighted by Crippen LogP contribution is -2.41. The Morgan fingerprint density at radius 1 is 1.22 bits per heavy atom. The highest BCUT2D eigenvalue weighted by Gasteiger charge is 2.39. The number of nitrogens with one attached hydrogen (secondary N) is 1. The van der Waals surface area contributed by atoms with E-state index in [1.807, 2.05) is 0 Å². The Hall–Kier alpha value is -1.83. The van der Waals surface area contributed by atoms with Gasteiger partial charge in [-0.3, -0.25) is 15.0 Å². The monoisotopic (exact) mass is 329 g/mol. The van der Waals surface area contributed by atoms with Crippen LogP contribution in [0.25, 0.3) is 0 Å². The molecule has 2 unspecified atom stereocenters. The molecular formula is C15H18F3N3O2. The number of hydrogen-bond donors (Lipinski definition) is 1. The van der Waals surface area contributed by atoms with Gasteiger partial charge in [-0.05, 0) is 37.9 Å². The van der Waals surface area contributed by atoms with E-state index < -0.39 is 22.4 Å². The topological polar surface area (TPSA) is 58.4 Å². The standard InChI is InChI=1S/C15H18F3N3O2/c16-15(17,18)11-9-10(4-5-13(11)21(22)23)19-12-6-8-20-7-2-1-3-14(12)20/h4-5,9,12,14,19H,1-3,6-8H2. The quantitative estimate of drug-likeness (QED) is 0.679. The molecule has 5 nitrogen and oxygen atoms in total. The maximum absolute atomic E-state index is 13.0. The van der Waals surface area contributed by atoms with E-state index in [-0.39, 0.29) is 6.04 Å². The first-order valence-corrected chi connectivity index (χ1v) is 7.72. The van der Waals surface area contributed by atoms with Crippen LogP contribution in [0.2, 0.25) is 0 Å². The van der Waals surface area contributed by atoms with Crippen LogP contribution in [-0.2, 0) is 6.18 Å². The molecule has 0 saturated carbocycles. The van der Waals surface area contributed by atoms with Crippen LogP contribution in [0.4, 0.5) is 24.5 Å². The van der Waals surface area contributed by atoms with Crippen molar-refractivity contribution in [2.75, 3.05) is 18.4 Å². The fourth-order valence-corrected chi connectivity index (χ4v) is 3.64. The Bertz CT molecular complexity index is 606. The van der Waals surface area contributed by atoms with Gasteiger partial charge in [0.05, 0.1) is 4.92 Å². The molecule has 2 aliphatic heterocycles.